The van der Waals surface area contributed by atoms with Gasteiger partial charge in [-0.1, -0.05) is 38.1 Å². The van der Waals surface area contributed by atoms with Crippen LogP contribution in [0, 0.1) is 18.7 Å². The molecule has 6 aromatic rings. The second kappa shape index (κ2) is 12.9. The van der Waals surface area contributed by atoms with Crippen molar-refractivity contribution in [3.63, 3.8) is 0 Å². The van der Waals surface area contributed by atoms with E-state index >= 15 is 0 Å². The van der Waals surface area contributed by atoms with Gasteiger partial charge in [-0.2, -0.15) is 5.10 Å². The fraction of sp³-hybridized carbons (Fsp3) is 0.250. The number of thiazole rings is 1. The first-order chi connectivity index (χ1) is 24.0. The predicted octanol–water partition coefficient (Wildman–Crippen LogP) is 5.22. The van der Waals surface area contributed by atoms with Crippen LogP contribution in [0.5, 0.6) is 0 Å². The molecule has 12 nitrogen and oxygen atoms in total. The lowest BCUT2D eigenvalue weighted by atomic mass is 9.90. The van der Waals surface area contributed by atoms with E-state index in [1.54, 1.807) is 12.4 Å². The van der Waals surface area contributed by atoms with Crippen molar-refractivity contribution in [1.82, 2.24) is 34.0 Å². The van der Waals surface area contributed by atoms with E-state index in [1.807, 2.05) is 52.9 Å². The number of nitrogens with two attached hydrogens (primary N) is 2. The molecule has 0 atom stereocenters. The molecule has 14 heteroatoms. The van der Waals surface area contributed by atoms with E-state index in [0.29, 0.717) is 52.5 Å². The average Bonchev–Trinajstić information content (AvgIpc) is 3.77. The van der Waals surface area contributed by atoms with Crippen molar-refractivity contribution in [2.24, 2.45) is 11.7 Å². The molecular formula is C36H34FN9O3S. The number of likely N-dealkylation sites (tertiary alicyclic amines) is 1. The van der Waals surface area contributed by atoms with Crippen molar-refractivity contribution in [1.29, 1.82) is 0 Å². The lowest BCUT2D eigenvalue weighted by molar-refractivity contribution is -0.135. The minimum atomic E-state index is -0.933. The minimum absolute atomic E-state index is 0.0500. The number of pyridine rings is 2. The summed E-state index contributed by atoms with van der Waals surface area (Å²) in [5, 5.41) is 6.37. The molecule has 1 saturated heterocycles. The van der Waals surface area contributed by atoms with Crippen LogP contribution in [0.2, 0.25) is 0 Å². The van der Waals surface area contributed by atoms with Crippen LogP contribution in [0.3, 0.4) is 0 Å². The summed E-state index contributed by atoms with van der Waals surface area (Å²) in [5.74, 6) is -0.979. The standard InChI is InChI=1S/C36H34FN9O3S/c1-19(2)35(48)44-10-8-22(9-11-44)28-13-26(32-33(38)41-17-43-46(28)32)21-4-6-23(7-5-21)30-29(27-16-50-18-42-27)20(3)45(36(49)31(30)34(39)47)25-12-24(37)14-40-15-25/h4-7,12-19,22H,8-11H2,1-3H3,(H2,39,47)(H2,38,41,43). The Kier molecular flexibility index (Phi) is 8.48. The van der Waals surface area contributed by atoms with Crippen LogP contribution in [0.15, 0.2) is 70.8 Å². The molecule has 0 aliphatic carbocycles. The van der Waals surface area contributed by atoms with Crippen LogP contribution in [-0.2, 0) is 4.79 Å². The number of carbonyl (C=O) groups excluding carboxylic acids is 2. The highest BCUT2D eigenvalue weighted by atomic mass is 32.1. The van der Waals surface area contributed by atoms with Gasteiger partial charge in [0.25, 0.3) is 11.5 Å². The van der Waals surface area contributed by atoms with Gasteiger partial charge in [-0.3, -0.25) is 23.9 Å². The summed E-state index contributed by atoms with van der Waals surface area (Å²) in [7, 11) is 0. The highest BCUT2D eigenvalue weighted by molar-refractivity contribution is 7.07. The number of halogens is 1. The number of piperidine rings is 1. The van der Waals surface area contributed by atoms with E-state index in [2.05, 4.69) is 26.1 Å². The van der Waals surface area contributed by atoms with E-state index in [4.69, 9.17) is 11.5 Å². The van der Waals surface area contributed by atoms with Crippen molar-refractivity contribution in [2.75, 3.05) is 18.8 Å². The van der Waals surface area contributed by atoms with E-state index in [0.717, 1.165) is 35.9 Å². The number of nitrogen functional groups attached to an aromatic ring is 1. The number of benzene rings is 1. The molecule has 1 fully saturated rings. The fourth-order valence-electron chi connectivity index (χ4n) is 6.97. The summed E-state index contributed by atoms with van der Waals surface area (Å²) >= 11 is 1.36. The maximum atomic E-state index is 14.3. The predicted molar refractivity (Wildman–Crippen MR) is 189 cm³/mol. The molecule has 0 bridgehead atoms. The average molecular weight is 692 g/mol. The van der Waals surface area contributed by atoms with Crippen LogP contribution in [0.4, 0.5) is 10.2 Å². The smallest absolute Gasteiger partial charge is 0.268 e. The first kappa shape index (κ1) is 32.8. The number of primary amides is 1. The third-order valence-corrected chi connectivity index (χ3v) is 9.90. The van der Waals surface area contributed by atoms with Gasteiger partial charge in [-0.15, -0.1) is 11.3 Å². The summed E-state index contributed by atoms with van der Waals surface area (Å²) in [4.78, 5) is 54.3. The Morgan fingerprint density at radius 1 is 1.02 bits per heavy atom. The molecule has 0 spiro atoms. The minimum Gasteiger partial charge on any atom is -0.382 e. The molecule has 7 rings (SSSR count). The van der Waals surface area contributed by atoms with E-state index in [1.165, 1.54) is 34.5 Å². The quantitative estimate of drug-likeness (QED) is 0.230. The van der Waals surface area contributed by atoms with Gasteiger partial charge in [0, 0.05) is 64.4 Å². The zero-order valence-corrected chi connectivity index (χ0v) is 28.4. The second-order valence-electron chi connectivity index (χ2n) is 12.7. The van der Waals surface area contributed by atoms with Crippen LogP contribution >= 0.6 is 11.3 Å². The Morgan fingerprint density at radius 2 is 1.74 bits per heavy atom. The third kappa shape index (κ3) is 5.60. The summed E-state index contributed by atoms with van der Waals surface area (Å²) in [6, 6.07) is 10.7. The van der Waals surface area contributed by atoms with Crippen molar-refractivity contribution in [3.8, 4) is 39.2 Å². The van der Waals surface area contributed by atoms with Gasteiger partial charge in [-0.25, -0.2) is 18.9 Å². The van der Waals surface area contributed by atoms with Crippen molar-refractivity contribution in [2.45, 2.75) is 39.5 Å². The van der Waals surface area contributed by atoms with Crippen LogP contribution < -0.4 is 17.0 Å². The Balaban J connectivity index is 1.34. The number of hydrogen-bond acceptors (Lipinski definition) is 9. The molecule has 6 heterocycles. The molecular weight excluding hydrogens is 658 g/mol. The number of anilines is 1. The molecule has 1 aliphatic rings. The van der Waals surface area contributed by atoms with Gasteiger partial charge in [-0.05, 0) is 37.0 Å². The number of rotatable bonds is 7. The number of fused-ring (bicyclic) bond motifs is 1. The fourth-order valence-corrected chi connectivity index (χ4v) is 7.51. The van der Waals surface area contributed by atoms with Gasteiger partial charge in [0.15, 0.2) is 5.82 Å². The highest BCUT2D eigenvalue weighted by Gasteiger charge is 2.30. The molecule has 4 N–H and O–H groups in total. The number of aromatic nitrogens is 6. The summed E-state index contributed by atoms with van der Waals surface area (Å²) < 4.78 is 17.3. The van der Waals surface area contributed by atoms with Crippen LogP contribution in [0.25, 0.3) is 44.7 Å². The zero-order valence-electron chi connectivity index (χ0n) is 27.6. The molecule has 50 heavy (non-hydrogen) atoms. The third-order valence-electron chi connectivity index (χ3n) is 9.31. The molecule has 0 saturated carbocycles. The Morgan fingerprint density at radius 3 is 2.38 bits per heavy atom. The van der Waals surface area contributed by atoms with Gasteiger partial charge in [0.1, 0.15) is 23.2 Å². The lowest BCUT2D eigenvalue weighted by Gasteiger charge is -2.33. The van der Waals surface area contributed by atoms with Crippen LogP contribution in [0.1, 0.15) is 54.4 Å². The molecule has 0 unspecified atom stereocenters. The zero-order chi connectivity index (χ0) is 35.3. The monoisotopic (exact) mass is 691 g/mol. The summed E-state index contributed by atoms with van der Waals surface area (Å²) in [6.45, 7) is 6.87. The van der Waals surface area contributed by atoms with Gasteiger partial charge >= 0.3 is 0 Å². The number of hydrogen-bond donors (Lipinski definition) is 2. The Labute approximate surface area is 290 Å². The topological polar surface area (TPSA) is 167 Å². The maximum Gasteiger partial charge on any atom is 0.268 e. The van der Waals surface area contributed by atoms with E-state index in [9.17, 15) is 18.8 Å². The maximum absolute atomic E-state index is 14.3. The van der Waals surface area contributed by atoms with E-state index in [-0.39, 0.29) is 29.0 Å². The molecule has 254 valence electrons. The number of nitrogens with zero attached hydrogens (tertiary/aromatic N) is 7. The van der Waals surface area contributed by atoms with Crippen molar-refractivity contribution in [3.05, 3.63) is 99.1 Å². The molecule has 1 aliphatic heterocycles. The van der Waals surface area contributed by atoms with Crippen molar-refractivity contribution >= 4 is 34.5 Å². The molecule has 1 aromatic carbocycles. The van der Waals surface area contributed by atoms with Gasteiger partial charge in [0.05, 0.1) is 29.3 Å². The molecule has 0 radical (unpaired) electrons. The number of carbonyl (C=O) groups is 2. The first-order valence-corrected chi connectivity index (χ1v) is 17.1. The van der Waals surface area contributed by atoms with Crippen molar-refractivity contribution < 1.29 is 14.0 Å². The normalized spacial score (nSPS) is 13.7. The summed E-state index contributed by atoms with van der Waals surface area (Å²) in [6.07, 6.45) is 5.40. The lowest BCUT2D eigenvalue weighted by Crippen LogP contribution is -2.40. The van der Waals surface area contributed by atoms with Gasteiger partial charge in [0.2, 0.25) is 5.91 Å². The van der Waals surface area contributed by atoms with E-state index < -0.39 is 17.3 Å². The Hall–Kier alpha value is -5.76. The summed E-state index contributed by atoms with van der Waals surface area (Å²) in [5.41, 5.74) is 18.8. The SMILES string of the molecule is Cc1c(-c2cscn2)c(-c2ccc(-c3cc(C4CCN(C(=O)C(C)C)CC4)n4ncnc(N)c34)cc2)c(C(N)=O)c(=O)n1-c1cncc(F)c1. The molecule has 2 amide bonds. The van der Waals surface area contributed by atoms with Gasteiger partial charge < -0.3 is 16.4 Å². The highest BCUT2D eigenvalue weighted by Crippen LogP contribution is 2.40. The molecule has 5 aromatic heterocycles. The van der Waals surface area contributed by atoms with Crippen LogP contribution in [-0.4, -0.2) is 58.9 Å². The second-order valence-corrected chi connectivity index (χ2v) is 13.4. The largest absolute Gasteiger partial charge is 0.382 e. The first-order valence-electron chi connectivity index (χ1n) is 16.2. The Bertz CT molecular complexity index is 2320. The number of amides is 2.